The molecule has 0 aliphatic carbocycles. The quantitative estimate of drug-likeness (QED) is 0.835. The van der Waals surface area contributed by atoms with Crippen molar-refractivity contribution in [1.29, 1.82) is 0 Å². The van der Waals surface area contributed by atoms with Crippen molar-refractivity contribution in [3.8, 4) is 0 Å². The molecule has 0 spiro atoms. The van der Waals surface area contributed by atoms with Gasteiger partial charge in [0.25, 0.3) is 0 Å². The second-order valence-corrected chi connectivity index (χ2v) is 6.29. The number of halogens is 1. The molecule has 1 aromatic carbocycles. The van der Waals surface area contributed by atoms with Crippen LogP contribution in [-0.2, 0) is 4.79 Å². The van der Waals surface area contributed by atoms with E-state index in [1.807, 2.05) is 30.1 Å². The average molecular weight is 343 g/mol. The summed E-state index contributed by atoms with van der Waals surface area (Å²) in [5, 5.41) is 12.5. The second-order valence-electron chi connectivity index (χ2n) is 5.44. The van der Waals surface area contributed by atoms with E-state index < -0.39 is 6.10 Å². The molecule has 112 valence electrons. The van der Waals surface area contributed by atoms with Crippen LogP contribution in [0.25, 0.3) is 0 Å². The molecule has 5 heteroatoms. The van der Waals surface area contributed by atoms with Crippen LogP contribution in [0.4, 0.5) is 5.69 Å². The van der Waals surface area contributed by atoms with Crippen molar-refractivity contribution in [3.05, 3.63) is 28.2 Å². The smallest absolute Gasteiger partial charge is 0.239 e. The Labute approximate surface area is 129 Å². The summed E-state index contributed by atoms with van der Waals surface area (Å²) >= 11 is 3.44. The van der Waals surface area contributed by atoms with Gasteiger partial charge >= 0.3 is 0 Å². The molecule has 0 fully saturated rings. The molecule has 1 amide bonds. The number of aliphatic hydroxyl groups excluding tert-OH is 1. The van der Waals surface area contributed by atoms with Gasteiger partial charge in [-0.15, -0.1) is 0 Å². The number of benzene rings is 1. The van der Waals surface area contributed by atoms with Crippen molar-refractivity contribution < 1.29 is 9.90 Å². The normalized spacial score (nSPS) is 12.3. The number of aliphatic hydroxyl groups is 1. The number of anilines is 1. The van der Waals surface area contributed by atoms with Crippen molar-refractivity contribution in [2.24, 2.45) is 5.92 Å². The van der Waals surface area contributed by atoms with E-state index in [1.54, 1.807) is 6.92 Å². The summed E-state index contributed by atoms with van der Waals surface area (Å²) in [5.41, 5.74) is 1.77. The van der Waals surface area contributed by atoms with E-state index in [4.69, 9.17) is 0 Å². The standard InChI is InChI=1S/C15H23BrN2O2/c1-10(2)8-17-15(20)9-18(4)12-5-6-13(11(3)19)14(16)7-12/h5-7,10-11,19H,8-9H2,1-4H3,(H,17,20)/t11-/m0/s1. The molecule has 0 saturated heterocycles. The topological polar surface area (TPSA) is 52.6 Å². The minimum Gasteiger partial charge on any atom is -0.389 e. The molecule has 1 atom stereocenters. The fraction of sp³-hybridized carbons (Fsp3) is 0.533. The minimum atomic E-state index is -0.516. The molecule has 0 unspecified atom stereocenters. The number of carbonyl (C=O) groups excluding carboxylic acids is 1. The zero-order valence-corrected chi connectivity index (χ0v) is 14.1. The molecule has 1 rings (SSSR count). The highest BCUT2D eigenvalue weighted by Gasteiger charge is 2.11. The Balaban J connectivity index is 2.66. The van der Waals surface area contributed by atoms with E-state index in [-0.39, 0.29) is 5.91 Å². The van der Waals surface area contributed by atoms with Crippen LogP contribution in [0.5, 0.6) is 0 Å². The number of rotatable bonds is 6. The summed E-state index contributed by atoms with van der Waals surface area (Å²) in [6.45, 7) is 6.86. The lowest BCUT2D eigenvalue weighted by molar-refractivity contribution is -0.119. The molecule has 0 bridgehead atoms. The third-order valence-corrected chi connectivity index (χ3v) is 3.65. The van der Waals surface area contributed by atoms with Crippen LogP contribution >= 0.6 is 15.9 Å². The number of nitrogens with one attached hydrogen (secondary N) is 1. The lowest BCUT2D eigenvalue weighted by Crippen LogP contribution is -2.36. The lowest BCUT2D eigenvalue weighted by Gasteiger charge is -2.20. The van der Waals surface area contributed by atoms with E-state index in [1.165, 1.54) is 0 Å². The van der Waals surface area contributed by atoms with E-state index in [2.05, 4.69) is 35.1 Å². The Morgan fingerprint density at radius 3 is 2.55 bits per heavy atom. The number of hydrogen-bond donors (Lipinski definition) is 2. The predicted octanol–water partition coefficient (Wildman–Crippen LogP) is 2.71. The molecule has 0 aliphatic heterocycles. The fourth-order valence-electron chi connectivity index (χ4n) is 1.77. The van der Waals surface area contributed by atoms with Gasteiger partial charge in [0.2, 0.25) is 5.91 Å². The van der Waals surface area contributed by atoms with Gasteiger partial charge < -0.3 is 15.3 Å². The molecular weight excluding hydrogens is 320 g/mol. The summed E-state index contributed by atoms with van der Waals surface area (Å²) in [4.78, 5) is 13.7. The summed E-state index contributed by atoms with van der Waals surface area (Å²) < 4.78 is 0.847. The van der Waals surface area contributed by atoms with Crippen molar-refractivity contribution in [2.45, 2.75) is 26.9 Å². The van der Waals surface area contributed by atoms with E-state index in [0.29, 0.717) is 19.0 Å². The maximum Gasteiger partial charge on any atom is 0.239 e. The molecule has 0 radical (unpaired) electrons. The zero-order chi connectivity index (χ0) is 15.3. The first-order valence-electron chi connectivity index (χ1n) is 6.76. The maximum absolute atomic E-state index is 11.8. The summed E-state index contributed by atoms with van der Waals surface area (Å²) in [6, 6.07) is 5.69. The molecule has 0 heterocycles. The lowest BCUT2D eigenvalue weighted by atomic mass is 10.1. The number of hydrogen-bond acceptors (Lipinski definition) is 3. The SMILES string of the molecule is CC(C)CNC(=O)CN(C)c1ccc([C@H](C)O)c(Br)c1. The zero-order valence-electron chi connectivity index (χ0n) is 12.5. The van der Waals surface area contributed by atoms with Crippen molar-refractivity contribution >= 4 is 27.5 Å². The highest BCUT2D eigenvalue weighted by atomic mass is 79.9. The number of likely N-dealkylation sites (N-methyl/N-ethyl adjacent to an activating group) is 1. The average Bonchev–Trinajstić information content (AvgIpc) is 2.35. The summed E-state index contributed by atoms with van der Waals surface area (Å²) in [6.07, 6.45) is -0.516. The third-order valence-electron chi connectivity index (χ3n) is 2.96. The number of nitrogens with zero attached hydrogens (tertiary/aromatic N) is 1. The van der Waals surface area contributed by atoms with Gasteiger partial charge in [-0.05, 0) is 30.5 Å². The van der Waals surface area contributed by atoms with Crippen LogP contribution < -0.4 is 10.2 Å². The van der Waals surface area contributed by atoms with Crippen LogP contribution in [0.2, 0.25) is 0 Å². The predicted molar refractivity (Wildman–Crippen MR) is 85.9 cm³/mol. The van der Waals surface area contributed by atoms with Gasteiger partial charge in [-0.25, -0.2) is 0 Å². The molecule has 0 aromatic heterocycles. The Morgan fingerprint density at radius 2 is 2.05 bits per heavy atom. The van der Waals surface area contributed by atoms with Gasteiger partial charge in [0.05, 0.1) is 12.6 Å². The molecule has 0 aliphatic rings. The Kier molecular flexibility index (Phi) is 6.49. The molecule has 0 saturated carbocycles. The Hall–Kier alpha value is -1.07. The second kappa shape index (κ2) is 7.64. The van der Waals surface area contributed by atoms with Crippen LogP contribution in [0.3, 0.4) is 0 Å². The largest absolute Gasteiger partial charge is 0.389 e. The first-order valence-corrected chi connectivity index (χ1v) is 7.56. The van der Waals surface area contributed by atoms with Gasteiger partial charge in [-0.2, -0.15) is 0 Å². The Bertz CT molecular complexity index is 461. The van der Waals surface area contributed by atoms with Gasteiger partial charge in [-0.3, -0.25) is 4.79 Å². The van der Waals surface area contributed by atoms with Gasteiger partial charge in [0, 0.05) is 23.8 Å². The summed E-state index contributed by atoms with van der Waals surface area (Å²) in [7, 11) is 1.87. The monoisotopic (exact) mass is 342 g/mol. The highest BCUT2D eigenvalue weighted by molar-refractivity contribution is 9.10. The van der Waals surface area contributed by atoms with Gasteiger partial charge in [-0.1, -0.05) is 35.8 Å². The Morgan fingerprint density at radius 1 is 1.40 bits per heavy atom. The molecule has 1 aromatic rings. The summed E-state index contributed by atoms with van der Waals surface area (Å²) in [5.74, 6) is 0.459. The minimum absolute atomic E-state index is 0.0110. The van der Waals surface area contributed by atoms with Crippen molar-refractivity contribution in [3.63, 3.8) is 0 Å². The van der Waals surface area contributed by atoms with Crippen LogP contribution in [0, 0.1) is 5.92 Å². The van der Waals surface area contributed by atoms with Crippen LogP contribution in [-0.4, -0.2) is 31.2 Å². The molecule has 4 nitrogen and oxygen atoms in total. The third kappa shape index (κ3) is 5.13. The first-order chi connectivity index (χ1) is 9.31. The number of carbonyl (C=O) groups is 1. The fourth-order valence-corrected chi connectivity index (χ4v) is 2.47. The van der Waals surface area contributed by atoms with E-state index in [9.17, 15) is 9.90 Å². The molecule has 20 heavy (non-hydrogen) atoms. The van der Waals surface area contributed by atoms with Gasteiger partial charge in [0.15, 0.2) is 0 Å². The van der Waals surface area contributed by atoms with E-state index in [0.717, 1.165) is 15.7 Å². The highest BCUT2D eigenvalue weighted by Crippen LogP contribution is 2.27. The van der Waals surface area contributed by atoms with Crippen LogP contribution in [0.15, 0.2) is 22.7 Å². The van der Waals surface area contributed by atoms with Crippen molar-refractivity contribution in [2.75, 3.05) is 25.0 Å². The van der Waals surface area contributed by atoms with Gasteiger partial charge in [0.1, 0.15) is 0 Å². The van der Waals surface area contributed by atoms with E-state index >= 15 is 0 Å². The molecular formula is C15H23BrN2O2. The maximum atomic E-state index is 11.8. The number of amides is 1. The van der Waals surface area contributed by atoms with Crippen molar-refractivity contribution in [1.82, 2.24) is 5.32 Å². The van der Waals surface area contributed by atoms with Crippen LogP contribution in [0.1, 0.15) is 32.4 Å². The molecule has 2 N–H and O–H groups in total. The first kappa shape index (κ1) is 17.0.